The van der Waals surface area contributed by atoms with Crippen LogP contribution < -0.4 is 15.8 Å². The van der Waals surface area contributed by atoms with E-state index in [1.165, 1.54) is 6.07 Å². The lowest BCUT2D eigenvalue weighted by atomic mass is 9.91. The Labute approximate surface area is 256 Å². The van der Waals surface area contributed by atoms with Crippen LogP contribution in [0.4, 0.5) is 15.2 Å². The fourth-order valence-electron chi connectivity index (χ4n) is 6.45. The molecular weight excluding hydrogens is 593 g/mol. The van der Waals surface area contributed by atoms with Gasteiger partial charge >= 0.3 is 6.01 Å². The van der Waals surface area contributed by atoms with Gasteiger partial charge in [-0.1, -0.05) is 17.7 Å². The summed E-state index contributed by atoms with van der Waals surface area (Å²) in [7, 11) is 3.85. The van der Waals surface area contributed by atoms with Crippen LogP contribution in [0.25, 0.3) is 32.1 Å². The van der Waals surface area contributed by atoms with Crippen LogP contribution in [0.2, 0.25) is 5.02 Å². The van der Waals surface area contributed by atoms with Crippen LogP contribution in [0.1, 0.15) is 36.0 Å². The van der Waals surface area contributed by atoms with Gasteiger partial charge in [0.2, 0.25) is 5.91 Å². The van der Waals surface area contributed by atoms with Crippen LogP contribution >= 0.6 is 22.9 Å². The Balaban J connectivity index is 1.45. The Bertz CT molecular complexity index is 1860. The maximum atomic E-state index is 14.9. The highest BCUT2D eigenvalue weighted by Crippen LogP contribution is 2.49. The summed E-state index contributed by atoms with van der Waals surface area (Å²) in [5.74, 6) is -0.0371. The first-order chi connectivity index (χ1) is 20.8. The molecule has 7 rings (SSSR count). The molecule has 43 heavy (non-hydrogen) atoms. The number of aromatic nitrogens is 2. The van der Waals surface area contributed by atoms with Crippen molar-refractivity contribution in [1.29, 1.82) is 5.26 Å². The zero-order valence-electron chi connectivity index (χ0n) is 23.7. The number of benzene rings is 2. The highest BCUT2D eigenvalue weighted by Gasteiger charge is 2.34. The van der Waals surface area contributed by atoms with E-state index in [2.05, 4.69) is 23.3 Å². The molecule has 0 aliphatic carbocycles. The first-order valence-corrected chi connectivity index (χ1v) is 15.3. The molecule has 2 atom stereocenters. The van der Waals surface area contributed by atoms with Crippen molar-refractivity contribution in [3.8, 4) is 23.2 Å². The van der Waals surface area contributed by atoms with Gasteiger partial charge < -0.3 is 30.3 Å². The van der Waals surface area contributed by atoms with E-state index in [-0.39, 0.29) is 46.4 Å². The van der Waals surface area contributed by atoms with Crippen molar-refractivity contribution in [2.45, 2.75) is 44.6 Å². The average molecular weight is 622 g/mol. The zero-order valence-corrected chi connectivity index (χ0v) is 25.2. The van der Waals surface area contributed by atoms with E-state index in [0.717, 1.165) is 41.9 Å². The van der Waals surface area contributed by atoms with E-state index in [9.17, 15) is 14.4 Å². The number of fused-ring (bicyclic) bond motifs is 4. The highest BCUT2D eigenvalue weighted by atomic mass is 35.5. The molecule has 2 unspecified atom stereocenters. The third-order valence-corrected chi connectivity index (χ3v) is 10.2. The summed E-state index contributed by atoms with van der Waals surface area (Å²) < 4.78 is 27.3. The number of anilines is 2. The van der Waals surface area contributed by atoms with Crippen molar-refractivity contribution in [3.05, 3.63) is 39.7 Å². The molecule has 10 nitrogen and oxygen atoms in total. The molecule has 0 radical (unpaired) electrons. The molecular formula is C30H29ClFN7O3S. The molecule has 3 aliphatic heterocycles. The zero-order chi connectivity index (χ0) is 30.0. The number of nitrogens with one attached hydrogen (secondary N) is 1. The van der Waals surface area contributed by atoms with Crippen molar-refractivity contribution >= 4 is 60.7 Å². The fraction of sp³-hybridized carbons (Fsp3) is 0.400. The third kappa shape index (κ3) is 4.53. The number of carbonyl (C=O) groups excluding carboxylic acids is 1. The Morgan fingerprint density at radius 1 is 1.23 bits per heavy atom. The SMILES string of the molecule is CN1CCC(Nc2nc(OCC3CCCN3C)nc3c(Cl)c(-c4ccc(F)c5sc(N)c(C#N)c45)c4c(c23)COC4)C1=O. The van der Waals surface area contributed by atoms with Gasteiger partial charge in [0.1, 0.15) is 35.4 Å². The minimum absolute atomic E-state index is 0.0230. The van der Waals surface area contributed by atoms with Gasteiger partial charge in [-0.25, -0.2) is 4.39 Å². The van der Waals surface area contributed by atoms with Gasteiger partial charge in [0.15, 0.2) is 0 Å². The van der Waals surface area contributed by atoms with Gasteiger partial charge in [-0.2, -0.15) is 15.2 Å². The largest absolute Gasteiger partial charge is 0.462 e. The summed E-state index contributed by atoms with van der Waals surface area (Å²) in [5.41, 5.74) is 9.56. The lowest BCUT2D eigenvalue weighted by molar-refractivity contribution is -0.127. The van der Waals surface area contributed by atoms with Crippen LogP contribution in [-0.2, 0) is 22.7 Å². The molecule has 0 spiro atoms. The van der Waals surface area contributed by atoms with Crippen molar-refractivity contribution in [2.24, 2.45) is 0 Å². The van der Waals surface area contributed by atoms with E-state index in [1.807, 2.05) is 0 Å². The topological polar surface area (TPSA) is 130 Å². The number of nitriles is 1. The van der Waals surface area contributed by atoms with E-state index in [4.69, 9.17) is 36.8 Å². The number of nitrogens with two attached hydrogens (primary N) is 1. The monoisotopic (exact) mass is 621 g/mol. The average Bonchev–Trinajstić information content (AvgIpc) is 3.78. The molecule has 2 aromatic carbocycles. The molecule has 3 N–H and O–H groups in total. The number of hydrogen-bond donors (Lipinski definition) is 2. The minimum atomic E-state index is -0.464. The summed E-state index contributed by atoms with van der Waals surface area (Å²) in [6, 6.07) is 5.04. The molecule has 222 valence electrons. The van der Waals surface area contributed by atoms with Crippen molar-refractivity contribution < 1.29 is 18.7 Å². The second-order valence-corrected chi connectivity index (χ2v) is 12.7. The highest BCUT2D eigenvalue weighted by molar-refractivity contribution is 7.23. The number of halogens is 2. The van der Waals surface area contributed by atoms with Crippen LogP contribution in [0.3, 0.4) is 0 Å². The number of likely N-dealkylation sites (N-methyl/N-ethyl adjacent to an activating group) is 2. The molecule has 2 saturated heterocycles. The standard InChI is InChI=1S/C30H29ClFN7O3S/c1-38-8-3-4-14(38)11-42-30-36-25-23(28(37-30)35-20-7-9-39(2)29(20)40)18-13-41-12-17(18)21(24(25)31)15-5-6-19(32)26-22(15)16(10-33)27(34)43-26/h5-6,14,20H,3-4,7-9,11-13,34H2,1-2H3,(H,35,36,37). The smallest absolute Gasteiger partial charge is 0.319 e. The number of hydrogen-bond acceptors (Lipinski definition) is 10. The maximum absolute atomic E-state index is 14.9. The van der Waals surface area contributed by atoms with Gasteiger partial charge in [0.05, 0.1) is 39.4 Å². The lowest BCUT2D eigenvalue weighted by Crippen LogP contribution is -2.32. The number of amides is 1. The van der Waals surface area contributed by atoms with Gasteiger partial charge in [-0.3, -0.25) is 4.79 Å². The van der Waals surface area contributed by atoms with Gasteiger partial charge in [-0.05, 0) is 55.6 Å². The van der Waals surface area contributed by atoms with E-state index >= 15 is 0 Å². The van der Waals surface area contributed by atoms with Crippen LogP contribution in [0, 0.1) is 17.1 Å². The molecule has 1 amide bonds. The number of thiophene rings is 1. The van der Waals surface area contributed by atoms with Gasteiger partial charge in [0.25, 0.3) is 0 Å². The van der Waals surface area contributed by atoms with Crippen LogP contribution in [0.15, 0.2) is 12.1 Å². The van der Waals surface area contributed by atoms with Crippen molar-refractivity contribution in [1.82, 2.24) is 19.8 Å². The second kappa shape index (κ2) is 10.7. The first-order valence-electron chi connectivity index (χ1n) is 14.1. The molecule has 5 heterocycles. The van der Waals surface area contributed by atoms with E-state index in [0.29, 0.717) is 57.8 Å². The number of nitrogen functional groups attached to an aromatic ring is 1. The number of carbonyl (C=O) groups is 1. The number of ether oxygens (including phenoxy) is 2. The molecule has 0 saturated carbocycles. The molecule has 2 fully saturated rings. The van der Waals surface area contributed by atoms with Crippen LogP contribution in [0.5, 0.6) is 6.01 Å². The molecule has 2 aromatic heterocycles. The number of rotatable bonds is 6. The van der Waals surface area contributed by atoms with Crippen LogP contribution in [-0.4, -0.2) is 71.6 Å². The number of likely N-dealkylation sites (tertiary alicyclic amines) is 2. The Hall–Kier alpha value is -3.76. The number of nitrogens with zero attached hydrogens (tertiary/aromatic N) is 5. The molecule has 4 aromatic rings. The van der Waals surface area contributed by atoms with Gasteiger partial charge in [-0.15, -0.1) is 11.3 Å². The lowest BCUT2D eigenvalue weighted by Gasteiger charge is -2.21. The molecule has 3 aliphatic rings. The van der Waals surface area contributed by atoms with Crippen molar-refractivity contribution in [2.75, 3.05) is 44.8 Å². The molecule has 0 bridgehead atoms. The third-order valence-electron chi connectivity index (χ3n) is 8.79. The molecule has 13 heteroatoms. The summed E-state index contributed by atoms with van der Waals surface area (Å²) in [5, 5.41) is 14.9. The summed E-state index contributed by atoms with van der Waals surface area (Å²) in [6.07, 6.45) is 2.73. The van der Waals surface area contributed by atoms with Crippen molar-refractivity contribution in [3.63, 3.8) is 0 Å². The fourth-order valence-corrected chi connectivity index (χ4v) is 7.75. The Kier molecular flexibility index (Phi) is 7.01. The minimum Gasteiger partial charge on any atom is -0.462 e. The van der Waals surface area contributed by atoms with Gasteiger partial charge in [0, 0.05) is 30.6 Å². The summed E-state index contributed by atoms with van der Waals surface area (Å²) in [4.78, 5) is 26.4. The van der Waals surface area contributed by atoms with E-state index < -0.39 is 11.9 Å². The quantitative estimate of drug-likeness (QED) is 0.309. The summed E-state index contributed by atoms with van der Waals surface area (Å²) in [6.45, 7) is 2.55. The second-order valence-electron chi connectivity index (χ2n) is 11.3. The predicted molar refractivity (Wildman–Crippen MR) is 164 cm³/mol. The van der Waals surface area contributed by atoms with E-state index in [1.54, 1.807) is 18.0 Å². The normalized spacial score (nSPS) is 20.3. The maximum Gasteiger partial charge on any atom is 0.319 e. The first kappa shape index (κ1) is 28.0. The summed E-state index contributed by atoms with van der Waals surface area (Å²) >= 11 is 8.28. The Morgan fingerprint density at radius 2 is 2.05 bits per heavy atom. The Morgan fingerprint density at radius 3 is 2.77 bits per heavy atom. The predicted octanol–water partition coefficient (Wildman–Crippen LogP) is 4.90.